The Kier molecular flexibility index (Phi) is 3.68. The average molecular weight is 346 g/mol. The highest BCUT2D eigenvalue weighted by molar-refractivity contribution is 9.10. The Labute approximate surface area is 131 Å². The molecule has 6 heteroatoms. The van der Waals surface area contributed by atoms with Crippen LogP contribution in [0.15, 0.2) is 28.9 Å². The maximum atomic E-state index is 9.44. The molecule has 108 valence electrons. The van der Waals surface area contributed by atoms with Crippen molar-refractivity contribution in [2.45, 2.75) is 32.2 Å². The predicted molar refractivity (Wildman–Crippen MR) is 84.1 cm³/mol. The van der Waals surface area contributed by atoms with E-state index in [9.17, 15) is 5.26 Å². The third kappa shape index (κ3) is 2.79. The topological polar surface area (TPSA) is 80.5 Å². The van der Waals surface area contributed by atoms with Crippen LogP contribution in [-0.4, -0.2) is 15.0 Å². The number of aromatic nitrogens is 3. The van der Waals surface area contributed by atoms with E-state index in [1.807, 2.05) is 24.4 Å². The number of nitrogen functional groups attached to an aromatic ring is 1. The molecule has 21 heavy (non-hydrogen) atoms. The Bertz CT molecular complexity index is 694. The van der Waals surface area contributed by atoms with Gasteiger partial charge in [-0.3, -0.25) is 4.68 Å². The molecule has 2 aromatic rings. The number of benzene rings is 1. The minimum absolute atomic E-state index is 0.284. The Morgan fingerprint density at radius 2 is 2.14 bits per heavy atom. The number of hydrogen-bond acceptors (Lipinski definition) is 4. The number of hydrogen-bond donors (Lipinski definition) is 1. The second-order valence-corrected chi connectivity index (χ2v) is 6.55. The summed E-state index contributed by atoms with van der Waals surface area (Å²) in [6, 6.07) is 8.14. The molecule has 5 nitrogen and oxygen atoms in total. The van der Waals surface area contributed by atoms with Crippen molar-refractivity contribution in [3.05, 3.63) is 28.9 Å². The molecular weight excluding hydrogens is 330 g/mol. The van der Waals surface area contributed by atoms with Crippen LogP contribution in [0.5, 0.6) is 0 Å². The summed E-state index contributed by atoms with van der Waals surface area (Å²) in [7, 11) is 0. The van der Waals surface area contributed by atoms with Gasteiger partial charge in [-0.05, 0) is 31.0 Å². The fourth-order valence-electron chi connectivity index (χ4n) is 2.92. The first-order chi connectivity index (χ1) is 10.1. The van der Waals surface area contributed by atoms with Gasteiger partial charge in [-0.1, -0.05) is 34.0 Å². The molecule has 0 aliphatic heterocycles. The molecule has 1 heterocycles. The fourth-order valence-corrected chi connectivity index (χ4v) is 3.28. The van der Waals surface area contributed by atoms with E-state index in [0.717, 1.165) is 41.4 Å². The second-order valence-electron chi connectivity index (χ2n) is 5.63. The van der Waals surface area contributed by atoms with Gasteiger partial charge in [-0.15, -0.1) is 5.10 Å². The van der Waals surface area contributed by atoms with Crippen LogP contribution in [0.1, 0.15) is 25.7 Å². The molecule has 0 saturated heterocycles. The summed E-state index contributed by atoms with van der Waals surface area (Å²) in [6.07, 6.45) is 5.99. The van der Waals surface area contributed by atoms with E-state index in [1.165, 1.54) is 0 Å². The number of halogens is 1. The largest absolute Gasteiger partial charge is 0.398 e. The maximum Gasteiger partial charge on any atom is 0.115 e. The van der Waals surface area contributed by atoms with Crippen molar-refractivity contribution in [2.75, 3.05) is 5.73 Å². The fraction of sp³-hybridized carbons (Fsp3) is 0.400. The molecule has 3 rings (SSSR count). The summed E-state index contributed by atoms with van der Waals surface area (Å²) in [6.45, 7) is 0.602. The molecule has 1 saturated carbocycles. The Balaban J connectivity index is 1.87. The average Bonchev–Trinajstić information content (AvgIpc) is 3.12. The first-order valence-corrected chi connectivity index (χ1v) is 7.78. The molecule has 0 bridgehead atoms. The summed E-state index contributed by atoms with van der Waals surface area (Å²) in [5.74, 6) is 0. The smallest absolute Gasteiger partial charge is 0.115 e. The molecule has 1 aliphatic rings. The zero-order chi connectivity index (χ0) is 14.9. The molecule has 1 fully saturated rings. The van der Waals surface area contributed by atoms with Crippen LogP contribution in [-0.2, 0) is 6.54 Å². The molecule has 1 aromatic carbocycles. The number of rotatable bonds is 3. The summed E-state index contributed by atoms with van der Waals surface area (Å²) in [5, 5.41) is 17.8. The van der Waals surface area contributed by atoms with E-state index >= 15 is 0 Å². The Hall–Kier alpha value is -1.87. The SMILES string of the molecule is N#CC1(Cn2cc(-c3cc(Br)ccc3N)nn2)CCCC1. The lowest BCUT2D eigenvalue weighted by atomic mass is 9.88. The van der Waals surface area contributed by atoms with E-state index < -0.39 is 0 Å². The molecule has 0 unspecified atom stereocenters. The van der Waals surface area contributed by atoms with E-state index in [-0.39, 0.29) is 5.41 Å². The van der Waals surface area contributed by atoms with Gasteiger partial charge in [-0.2, -0.15) is 5.26 Å². The van der Waals surface area contributed by atoms with Crippen LogP contribution in [0.25, 0.3) is 11.3 Å². The van der Waals surface area contributed by atoms with E-state index in [0.29, 0.717) is 12.2 Å². The van der Waals surface area contributed by atoms with Gasteiger partial charge < -0.3 is 5.73 Å². The van der Waals surface area contributed by atoms with Crippen LogP contribution in [0, 0.1) is 16.7 Å². The lowest BCUT2D eigenvalue weighted by Crippen LogP contribution is -2.21. The van der Waals surface area contributed by atoms with Crippen LogP contribution in [0.2, 0.25) is 0 Å². The number of nitriles is 1. The number of nitrogens with two attached hydrogens (primary N) is 1. The van der Waals surface area contributed by atoms with Crippen molar-refractivity contribution in [3.63, 3.8) is 0 Å². The molecular formula is C15H16BrN5. The van der Waals surface area contributed by atoms with Gasteiger partial charge >= 0.3 is 0 Å². The molecule has 0 amide bonds. The standard InChI is InChI=1S/C15H16BrN5/c16-11-3-4-13(18)12(7-11)14-8-21(20-19-14)10-15(9-17)5-1-2-6-15/h3-4,7-8H,1-2,5-6,10,18H2. The van der Waals surface area contributed by atoms with Gasteiger partial charge in [0.2, 0.25) is 0 Å². The van der Waals surface area contributed by atoms with E-state index in [2.05, 4.69) is 32.3 Å². The van der Waals surface area contributed by atoms with Crippen molar-refractivity contribution in [3.8, 4) is 17.3 Å². The summed E-state index contributed by atoms with van der Waals surface area (Å²) >= 11 is 3.44. The highest BCUT2D eigenvalue weighted by Crippen LogP contribution is 2.39. The van der Waals surface area contributed by atoms with Crippen molar-refractivity contribution < 1.29 is 0 Å². The zero-order valence-corrected chi connectivity index (χ0v) is 13.2. The van der Waals surface area contributed by atoms with Crippen molar-refractivity contribution in [1.82, 2.24) is 15.0 Å². The van der Waals surface area contributed by atoms with E-state index in [1.54, 1.807) is 4.68 Å². The Morgan fingerprint density at radius 3 is 2.86 bits per heavy atom. The van der Waals surface area contributed by atoms with Gasteiger partial charge in [0, 0.05) is 15.7 Å². The first kappa shape index (κ1) is 14.1. The van der Waals surface area contributed by atoms with Crippen molar-refractivity contribution in [1.29, 1.82) is 5.26 Å². The Morgan fingerprint density at radius 1 is 1.38 bits per heavy atom. The van der Waals surface area contributed by atoms with Gasteiger partial charge in [0.05, 0.1) is 24.2 Å². The molecule has 0 atom stereocenters. The molecule has 1 aliphatic carbocycles. The maximum absolute atomic E-state index is 9.44. The van der Waals surface area contributed by atoms with Crippen LogP contribution >= 0.6 is 15.9 Å². The van der Waals surface area contributed by atoms with Gasteiger partial charge in [0.25, 0.3) is 0 Å². The van der Waals surface area contributed by atoms with Crippen LogP contribution < -0.4 is 5.73 Å². The lowest BCUT2D eigenvalue weighted by Gasteiger charge is -2.18. The summed E-state index contributed by atoms with van der Waals surface area (Å²) in [4.78, 5) is 0. The molecule has 0 spiro atoms. The number of nitrogens with zero attached hydrogens (tertiary/aromatic N) is 4. The summed E-state index contributed by atoms with van der Waals surface area (Å²) in [5.41, 5.74) is 7.97. The number of anilines is 1. The monoisotopic (exact) mass is 345 g/mol. The molecule has 1 aromatic heterocycles. The van der Waals surface area contributed by atoms with Crippen LogP contribution in [0.4, 0.5) is 5.69 Å². The van der Waals surface area contributed by atoms with Gasteiger partial charge in [-0.25, -0.2) is 0 Å². The third-order valence-corrected chi connectivity index (χ3v) is 4.59. The van der Waals surface area contributed by atoms with Gasteiger partial charge in [0.15, 0.2) is 0 Å². The zero-order valence-electron chi connectivity index (χ0n) is 11.6. The quantitative estimate of drug-likeness (QED) is 0.864. The molecule has 2 N–H and O–H groups in total. The molecule has 0 radical (unpaired) electrons. The third-order valence-electron chi connectivity index (χ3n) is 4.09. The van der Waals surface area contributed by atoms with E-state index in [4.69, 9.17) is 5.73 Å². The summed E-state index contributed by atoms with van der Waals surface area (Å²) < 4.78 is 2.72. The lowest BCUT2D eigenvalue weighted by molar-refractivity contribution is 0.322. The normalized spacial score (nSPS) is 16.8. The van der Waals surface area contributed by atoms with Crippen molar-refractivity contribution >= 4 is 21.6 Å². The highest BCUT2D eigenvalue weighted by Gasteiger charge is 2.34. The predicted octanol–water partition coefficient (Wildman–Crippen LogP) is 3.37. The minimum Gasteiger partial charge on any atom is -0.398 e. The van der Waals surface area contributed by atoms with Crippen LogP contribution in [0.3, 0.4) is 0 Å². The van der Waals surface area contributed by atoms with Crippen molar-refractivity contribution in [2.24, 2.45) is 5.41 Å². The minimum atomic E-state index is -0.284. The van der Waals surface area contributed by atoms with Gasteiger partial charge in [0.1, 0.15) is 5.69 Å². The second kappa shape index (κ2) is 5.49. The highest BCUT2D eigenvalue weighted by atomic mass is 79.9. The first-order valence-electron chi connectivity index (χ1n) is 6.99.